The van der Waals surface area contributed by atoms with Gasteiger partial charge in [-0.25, -0.2) is 4.99 Å². The SMILES string of the molecule is FC(F)(F)C(/C=C(\Nc1cc(C(F)(F)F)cc(C(F)(F)F)c1)C(F)(F)F)=Nc1cc(C(F)(F)F)cc(C(F)(F)F)c1. The van der Waals surface area contributed by atoms with E-state index in [-0.39, 0.29) is 24.3 Å². The van der Waals surface area contributed by atoms with Crippen molar-refractivity contribution in [3.8, 4) is 0 Å². The second-order valence-electron chi connectivity index (χ2n) is 7.73. The van der Waals surface area contributed by atoms with Gasteiger partial charge in [0.15, 0.2) is 0 Å². The molecule has 0 unspecified atom stereocenters. The van der Waals surface area contributed by atoms with E-state index in [1.807, 2.05) is 0 Å². The Kier molecular flexibility index (Phi) is 8.73. The molecule has 2 nitrogen and oxygen atoms in total. The number of nitrogens with zero attached hydrogens (tertiary/aromatic N) is 1. The minimum Gasteiger partial charge on any atom is -0.351 e. The van der Waals surface area contributed by atoms with Crippen molar-refractivity contribution >= 4 is 17.1 Å². The lowest BCUT2D eigenvalue weighted by Crippen LogP contribution is -2.26. The summed E-state index contributed by atoms with van der Waals surface area (Å²) in [5.41, 5.74) is -17.8. The average Bonchev–Trinajstić information content (AvgIpc) is 2.74. The van der Waals surface area contributed by atoms with Crippen LogP contribution < -0.4 is 5.32 Å². The van der Waals surface area contributed by atoms with Gasteiger partial charge in [-0.3, -0.25) is 0 Å². The molecule has 0 aromatic heterocycles. The predicted octanol–water partition coefficient (Wildman–Crippen LogP) is 9.95. The third-order valence-corrected chi connectivity index (χ3v) is 4.57. The fraction of sp³-hybridized carbons (Fsp3) is 0.286. The van der Waals surface area contributed by atoms with Gasteiger partial charge in [0.25, 0.3) is 0 Å². The highest BCUT2D eigenvalue weighted by Gasteiger charge is 2.42. The van der Waals surface area contributed by atoms with Gasteiger partial charge in [-0.2, -0.15) is 79.0 Å². The summed E-state index contributed by atoms with van der Waals surface area (Å²) in [4.78, 5) is 2.40. The maximum absolute atomic E-state index is 13.5. The molecule has 0 fully saturated rings. The van der Waals surface area contributed by atoms with Crippen LogP contribution in [0.4, 0.5) is 90.4 Å². The second-order valence-corrected chi connectivity index (χ2v) is 7.73. The Bertz CT molecular complexity index is 1250. The number of allylic oxidation sites excluding steroid dienone is 2. The Labute approximate surface area is 215 Å². The summed E-state index contributed by atoms with van der Waals surface area (Å²) in [5.74, 6) is 0. The van der Waals surface area contributed by atoms with Crippen molar-refractivity contribution in [1.82, 2.24) is 0 Å². The van der Waals surface area contributed by atoms with E-state index >= 15 is 0 Å². The Morgan fingerprint density at radius 1 is 0.488 bits per heavy atom. The highest BCUT2D eigenvalue weighted by Crippen LogP contribution is 2.41. The van der Waals surface area contributed by atoms with Gasteiger partial charge in [-0.05, 0) is 42.5 Å². The van der Waals surface area contributed by atoms with Gasteiger partial charge in [0.1, 0.15) is 11.4 Å². The first-order valence-electron chi connectivity index (χ1n) is 9.89. The molecule has 1 N–H and O–H groups in total. The molecule has 228 valence electrons. The van der Waals surface area contributed by atoms with Gasteiger partial charge < -0.3 is 5.32 Å². The lowest BCUT2D eigenvalue weighted by atomic mass is 10.1. The highest BCUT2D eigenvalue weighted by molar-refractivity contribution is 6.02. The van der Waals surface area contributed by atoms with E-state index in [1.54, 1.807) is 0 Å². The van der Waals surface area contributed by atoms with E-state index in [4.69, 9.17) is 0 Å². The molecular weight excluding hydrogens is 622 g/mol. The van der Waals surface area contributed by atoms with Gasteiger partial charge in [-0.15, -0.1) is 0 Å². The van der Waals surface area contributed by atoms with E-state index in [0.29, 0.717) is 0 Å². The quantitative estimate of drug-likeness (QED) is 0.264. The predicted molar refractivity (Wildman–Crippen MR) is 104 cm³/mol. The van der Waals surface area contributed by atoms with Crippen molar-refractivity contribution in [1.29, 1.82) is 0 Å². The molecule has 2 aromatic rings. The highest BCUT2D eigenvalue weighted by atomic mass is 19.4. The van der Waals surface area contributed by atoms with Gasteiger partial charge >= 0.3 is 37.1 Å². The third-order valence-electron chi connectivity index (χ3n) is 4.57. The lowest BCUT2D eigenvalue weighted by molar-refractivity contribution is -0.144. The standard InChI is InChI=1S/C21H8F18N2/c22-16(23,24)8-1-9(17(25,26)27)4-12(3-8)40-14(20(34,35)36)7-15(21(37,38)39)41-13-5-10(18(28,29)30)2-11(6-13)19(31,32)33/h1-7,40H/b14-7-,41-15?. The van der Waals surface area contributed by atoms with Crippen LogP contribution in [-0.4, -0.2) is 18.1 Å². The van der Waals surface area contributed by atoms with Crippen LogP contribution in [0.15, 0.2) is 53.2 Å². The fourth-order valence-corrected chi connectivity index (χ4v) is 2.83. The summed E-state index contributed by atoms with van der Waals surface area (Å²) in [6, 6.07) is -2.47. The largest absolute Gasteiger partial charge is 0.433 e. The van der Waals surface area contributed by atoms with Crippen LogP contribution in [0, 0.1) is 0 Å². The van der Waals surface area contributed by atoms with Crippen molar-refractivity contribution < 1.29 is 79.0 Å². The number of rotatable bonds is 4. The molecule has 0 radical (unpaired) electrons. The number of aliphatic imine (C=N–C) groups is 1. The Hall–Kier alpha value is -3.61. The number of alkyl halides is 18. The maximum atomic E-state index is 13.5. The third kappa shape index (κ3) is 9.20. The molecule has 2 rings (SSSR count). The van der Waals surface area contributed by atoms with Crippen LogP contribution in [-0.2, 0) is 24.7 Å². The number of benzene rings is 2. The van der Waals surface area contributed by atoms with Crippen LogP contribution in [0.25, 0.3) is 0 Å². The summed E-state index contributed by atoms with van der Waals surface area (Å²) >= 11 is 0. The first-order valence-corrected chi connectivity index (χ1v) is 9.89. The summed E-state index contributed by atoms with van der Waals surface area (Å²) in [6.07, 6.45) is -35.5. The molecule has 0 saturated heterocycles. The average molecular weight is 630 g/mol. The fourth-order valence-electron chi connectivity index (χ4n) is 2.83. The Morgan fingerprint density at radius 2 is 0.829 bits per heavy atom. The van der Waals surface area contributed by atoms with Gasteiger partial charge in [0, 0.05) is 5.69 Å². The molecule has 20 heteroatoms. The maximum Gasteiger partial charge on any atom is 0.433 e. The Morgan fingerprint density at radius 3 is 1.12 bits per heavy atom. The Balaban J connectivity index is 2.81. The summed E-state index contributed by atoms with van der Waals surface area (Å²) < 4.78 is 237. The zero-order valence-electron chi connectivity index (χ0n) is 18.8. The molecule has 0 heterocycles. The number of anilines is 1. The number of halogens is 18. The van der Waals surface area contributed by atoms with Crippen molar-refractivity contribution in [3.63, 3.8) is 0 Å². The zero-order chi connectivity index (χ0) is 32.0. The second kappa shape index (κ2) is 10.7. The molecule has 0 amide bonds. The molecule has 41 heavy (non-hydrogen) atoms. The van der Waals surface area contributed by atoms with Crippen molar-refractivity contribution in [2.45, 2.75) is 37.1 Å². The van der Waals surface area contributed by atoms with E-state index in [9.17, 15) is 79.0 Å². The molecule has 0 aliphatic rings. The first-order chi connectivity index (χ1) is 18.1. The van der Waals surface area contributed by atoms with E-state index in [1.165, 1.54) is 0 Å². The topological polar surface area (TPSA) is 24.4 Å². The van der Waals surface area contributed by atoms with Crippen molar-refractivity contribution in [2.24, 2.45) is 4.99 Å². The van der Waals surface area contributed by atoms with E-state index in [2.05, 4.69) is 4.99 Å². The number of hydrogen-bond donors (Lipinski definition) is 1. The summed E-state index contributed by atoms with van der Waals surface area (Å²) in [5, 5.41) is 0.899. The zero-order valence-corrected chi connectivity index (χ0v) is 18.8. The van der Waals surface area contributed by atoms with E-state index in [0.717, 1.165) is 5.32 Å². The normalized spacial score (nSPS) is 14.9. The molecule has 0 aliphatic heterocycles. The smallest absolute Gasteiger partial charge is 0.351 e. The summed E-state index contributed by atoms with van der Waals surface area (Å²) in [6.45, 7) is 0. The van der Waals surface area contributed by atoms with Gasteiger partial charge in [-0.1, -0.05) is 0 Å². The monoisotopic (exact) mass is 630 g/mol. The van der Waals surface area contributed by atoms with Crippen molar-refractivity contribution in [3.05, 3.63) is 70.4 Å². The van der Waals surface area contributed by atoms with Crippen molar-refractivity contribution in [2.75, 3.05) is 5.32 Å². The van der Waals surface area contributed by atoms with Crippen LogP contribution in [0.2, 0.25) is 0 Å². The van der Waals surface area contributed by atoms with Gasteiger partial charge in [0.05, 0.1) is 27.9 Å². The molecule has 0 atom stereocenters. The van der Waals surface area contributed by atoms with Gasteiger partial charge in [0.2, 0.25) is 0 Å². The molecule has 0 aliphatic carbocycles. The van der Waals surface area contributed by atoms with E-state index < -0.39 is 100 Å². The first kappa shape index (κ1) is 33.6. The van der Waals surface area contributed by atoms with Crippen LogP contribution in [0.1, 0.15) is 22.3 Å². The summed E-state index contributed by atoms with van der Waals surface area (Å²) in [7, 11) is 0. The molecule has 0 saturated carbocycles. The molecule has 2 aromatic carbocycles. The molecule has 0 bridgehead atoms. The number of nitrogens with one attached hydrogen (secondary N) is 1. The molecule has 0 spiro atoms. The molecular formula is C21H8F18N2. The van der Waals surface area contributed by atoms with Crippen LogP contribution in [0.3, 0.4) is 0 Å². The van der Waals surface area contributed by atoms with Crippen LogP contribution >= 0.6 is 0 Å². The number of hydrogen-bond acceptors (Lipinski definition) is 2. The lowest BCUT2D eigenvalue weighted by Gasteiger charge is -2.19. The van der Waals surface area contributed by atoms with Crippen LogP contribution in [0.5, 0.6) is 0 Å². The minimum absolute atomic E-state index is 0.332. The minimum atomic E-state index is -6.06.